The molecule has 0 fully saturated rings. The lowest BCUT2D eigenvalue weighted by Gasteiger charge is -2.23. The summed E-state index contributed by atoms with van der Waals surface area (Å²) >= 11 is 0. The second-order valence-corrected chi connectivity index (χ2v) is 7.12. The van der Waals surface area contributed by atoms with E-state index < -0.39 is 42.1 Å². The SMILES string of the molecule is CNC(=O)c1cc(NC(=O)C(CCF)NC(=O)OC(C)(C)C)cc(C(=O)NC)c1. The second kappa shape index (κ2) is 10.4. The molecule has 4 amide bonds. The monoisotopic (exact) mass is 410 g/mol. The van der Waals surface area contributed by atoms with Gasteiger partial charge in [-0.05, 0) is 39.0 Å². The smallest absolute Gasteiger partial charge is 0.408 e. The van der Waals surface area contributed by atoms with Crippen LogP contribution in [0.5, 0.6) is 0 Å². The van der Waals surface area contributed by atoms with Gasteiger partial charge in [-0.3, -0.25) is 18.8 Å². The molecular formula is C19H27FN4O5. The largest absolute Gasteiger partial charge is 0.444 e. The van der Waals surface area contributed by atoms with Crippen LogP contribution in [0.25, 0.3) is 0 Å². The van der Waals surface area contributed by atoms with Crippen molar-refractivity contribution >= 4 is 29.5 Å². The number of anilines is 1. The summed E-state index contributed by atoms with van der Waals surface area (Å²) in [6.45, 7) is 4.11. The third-order valence-electron chi connectivity index (χ3n) is 3.58. The van der Waals surface area contributed by atoms with Gasteiger partial charge in [0, 0.05) is 37.3 Å². The van der Waals surface area contributed by atoms with E-state index in [9.17, 15) is 23.6 Å². The molecule has 0 spiro atoms. The molecule has 1 rings (SSSR count). The number of carbonyl (C=O) groups is 4. The lowest BCUT2D eigenvalue weighted by molar-refractivity contribution is -0.118. The average Bonchev–Trinajstić information content (AvgIpc) is 2.64. The van der Waals surface area contributed by atoms with Crippen LogP contribution in [0.15, 0.2) is 18.2 Å². The fraction of sp³-hybridized carbons (Fsp3) is 0.474. The van der Waals surface area contributed by atoms with Gasteiger partial charge in [0.2, 0.25) is 5.91 Å². The van der Waals surface area contributed by atoms with Crippen LogP contribution in [0, 0.1) is 0 Å². The van der Waals surface area contributed by atoms with E-state index in [2.05, 4.69) is 21.3 Å². The third-order valence-corrected chi connectivity index (χ3v) is 3.58. The maximum Gasteiger partial charge on any atom is 0.408 e. The van der Waals surface area contributed by atoms with Crippen LogP contribution in [0.3, 0.4) is 0 Å². The average molecular weight is 410 g/mol. The first-order valence-electron chi connectivity index (χ1n) is 8.96. The predicted molar refractivity (Wildman–Crippen MR) is 106 cm³/mol. The molecule has 0 aliphatic heterocycles. The minimum Gasteiger partial charge on any atom is -0.444 e. The van der Waals surface area contributed by atoms with E-state index in [-0.39, 0.29) is 23.2 Å². The Morgan fingerprint density at radius 1 is 1.00 bits per heavy atom. The standard InChI is InChI=1S/C19H27FN4O5/c1-19(2,3)29-18(28)24-14(6-7-20)17(27)23-13-9-11(15(25)21-4)8-12(10-13)16(26)22-5/h8-10,14H,6-7H2,1-5H3,(H,21,25)(H,22,26)(H,23,27)(H,24,28). The Labute approximate surface area is 168 Å². The van der Waals surface area contributed by atoms with Crippen molar-refractivity contribution in [3.63, 3.8) is 0 Å². The molecule has 160 valence electrons. The molecule has 0 aromatic heterocycles. The molecule has 29 heavy (non-hydrogen) atoms. The van der Waals surface area contributed by atoms with E-state index in [0.29, 0.717) is 0 Å². The highest BCUT2D eigenvalue weighted by Gasteiger charge is 2.25. The van der Waals surface area contributed by atoms with Gasteiger partial charge in [0.15, 0.2) is 0 Å². The van der Waals surface area contributed by atoms with Crippen molar-refractivity contribution < 1.29 is 28.3 Å². The molecule has 4 N–H and O–H groups in total. The van der Waals surface area contributed by atoms with Gasteiger partial charge in [-0.15, -0.1) is 0 Å². The van der Waals surface area contributed by atoms with Crippen LogP contribution in [0.2, 0.25) is 0 Å². The molecule has 0 aliphatic rings. The van der Waals surface area contributed by atoms with Crippen molar-refractivity contribution in [1.82, 2.24) is 16.0 Å². The van der Waals surface area contributed by atoms with Crippen LogP contribution in [0.4, 0.5) is 14.9 Å². The highest BCUT2D eigenvalue weighted by Crippen LogP contribution is 2.16. The molecular weight excluding hydrogens is 383 g/mol. The van der Waals surface area contributed by atoms with Gasteiger partial charge in [0.05, 0.1) is 6.67 Å². The van der Waals surface area contributed by atoms with Gasteiger partial charge in [-0.2, -0.15) is 0 Å². The Hall–Kier alpha value is -3.17. The summed E-state index contributed by atoms with van der Waals surface area (Å²) in [5.41, 5.74) is -0.355. The maximum atomic E-state index is 12.9. The Kier molecular flexibility index (Phi) is 8.56. The zero-order valence-electron chi connectivity index (χ0n) is 17.1. The van der Waals surface area contributed by atoms with E-state index in [0.717, 1.165) is 0 Å². The van der Waals surface area contributed by atoms with Crippen molar-refractivity contribution in [3.05, 3.63) is 29.3 Å². The van der Waals surface area contributed by atoms with Gasteiger partial charge >= 0.3 is 6.09 Å². The van der Waals surface area contributed by atoms with E-state index in [1.54, 1.807) is 20.8 Å². The van der Waals surface area contributed by atoms with Crippen LogP contribution in [-0.4, -0.2) is 56.2 Å². The molecule has 0 saturated carbocycles. The molecule has 0 saturated heterocycles. The Morgan fingerprint density at radius 2 is 1.52 bits per heavy atom. The van der Waals surface area contributed by atoms with Gasteiger partial charge < -0.3 is 26.0 Å². The number of amides is 4. The Balaban J connectivity index is 3.07. The maximum absolute atomic E-state index is 12.9. The van der Waals surface area contributed by atoms with Gasteiger partial charge in [0.1, 0.15) is 11.6 Å². The molecule has 0 heterocycles. The zero-order chi connectivity index (χ0) is 22.2. The third kappa shape index (κ3) is 7.76. The number of carbonyl (C=O) groups excluding carboxylic acids is 4. The molecule has 0 radical (unpaired) electrons. The summed E-state index contributed by atoms with van der Waals surface area (Å²) in [7, 11) is 2.85. The minimum atomic E-state index is -1.21. The fourth-order valence-corrected chi connectivity index (χ4v) is 2.31. The molecule has 0 bridgehead atoms. The zero-order valence-corrected chi connectivity index (χ0v) is 17.1. The van der Waals surface area contributed by atoms with Crippen molar-refractivity contribution in [1.29, 1.82) is 0 Å². The minimum absolute atomic E-state index is 0.143. The lowest BCUT2D eigenvalue weighted by atomic mass is 10.1. The number of nitrogens with one attached hydrogen (secondary N) is 4. The first-order chi connectivity index (χ1) is 13.5. The summed E-state index contributed by atoms with van der Waals surface area (Å²) in [6, 6.07) is 2.89. The number of rotatable bonds is 7. The molecule has 1 aromatic carbocycles. The number of ether oxygens (including phenoxy) is 1. The summed E-state index contributed by atoms with van der Waals surface area (Å²) in [5.74, 6) is -1.64. The molecule has 10 heteroatoms. The van der Waals surface area contributed by atoms with Crippen molar-refractivity contribution in [2.24, 2.45) is 0 Å². The van der Waals surface area contributed by atoms with Gasteiger partial charge in [-0.25, -0.2) is 4.79 Å². The quantitative estimate of drug-likeness (QED) is 0.543. The predicted octanol–water partition coefficient (Wildman–Crippen LogP) is 1.60. The topological polar surface area (TPSA) is 126 Å². The van der Waals surface area contributed by atoms with Gasteiger partial charge in [-0.1, -0.05) is 0 Å². The molecule has 0 aliphatic carbocycles. The number of hydrogen-bond acceptors (Lipinski definition) is 5. The van der Waals surface area contributed by atoms with E-state index in [1.165, 1.54) is 32.3 Å². The first kappa shape index (κ1) is 23.9. The number of halogens is 1. The summed E-state index contributed by atoms with van der Waals surface area (Å²) in [6.07, 6.45) is -1.14. The number of hydrogen-bond donors (Lipinski definition) is 4. The van der Waals surface area contributed by atoms with E-state index in [1.807, 2.05) is 0 Å². The van der Waals surface area contributed by atoms with Crippen LogP contribution in [-0.2, 0) is 9.53 Å². The number of alkyl halides is 1. The van der Waals surface area contributed by atoms with Crippen LogP contribution < -0.4 is 21.3 Å². The highest BCUT2D eigenvalue weighted by molar-refractivity contribution is 6.03. The van der Waals surface area contributed by atoms with Crippen LogP contribution >= 0.6 is 0 Å². The fourth-order valence-electron chi connectivity index (χ4n) is 2.31. The lowest BCUT2D eigenvalue weighted by Crippen LogP contribution is -2.46. The first-order valence-corrected chi connectivity index (χ1v) is 8.96. The normalized spacial score (nSPS) is 11.8. The summed E-state index contributed by atoms with van der Waals surface area (Å²) in [4.78, 5) is 48.4. The van der Waals surface area contributed by atoms with Crippen molar-refractivity contribution in [2.45, 2.75) is 38.8 Å². The van der Waals surface area contributed by atoms with Crippen molar-refractivity contribution in [2.75, 3.05) is 26.1 Å². The van der Waals surface area contributed by atoms with E-state index >= 15 is 0 Å². The van der Waals surface area contributed by atoms with Crippen molar-refractivity contribution in [3.8, 4) is 0 Å². The summed E-state index contributed by atoms with van der Waals surface area (Å²) < 4.78 is 18.0. The molecule has 1 unspecified atom stereocenters. The Bertz CT molecular complexity index is 742. The summed E-state index contributed by atoms with van der Waals surface area (Å²) in [5, 5.41) is 9.68. The van der Waals surface area contributed by atoms with Gasteiger partial charge in [0.25, 0.3) is 11.8 Å². The number of alkyl carbamates (subject to hydrolysis) is 1. The molecule has 1 aromatic rings. The highest BCUT2D eigenvalue weighted by atomic mass is 19.1. The van der Waals surface area contributed by atoms with Crippen LogP contribution in [0.1, 0.15) is 47.9 Å². The second-order valence-electron chi connectivity index (χ2n) is 7.12. The number of benzene rings is 1. The Morgan fingerprint density at radius 3 is 1.93 bits per heavy atom. The molecule has 9 nitrogen and oxygen atoms in total. The molecule has 1 atom stereocenters. The van der Waals surface area contributed by atoms with E-state index in [4.69, 9.17) is 4.74 Å².